The molecule has 1 fully saturated rings. The highest BCUT2D eigenvalue weighted by Crippen LogP contribution is 2.23. The van der Waals surface area contributed by atoms with Crippen molar-refractivity contribution < 1.29 is 13.2 Å². The molecular weight excluding hydrogens is 298 g/mol. The van der Waals surface area contributed by atoms with E-state index in [1.165, 1.54) is 5.56 Å². The van der Waals surface area contributed by atoms with Crippen molar-refractivity contribution in [1.29, 1.82) is 0 Å². The minimum Gasteiger partial charge on any atom is -0.342 e. The predicted octanol–water partition coefficient (Wildman–Crippen LogP) is 2.39. The number of aryl methyl sites for hydroxylation is 1. The Hall–Kier alpha value is -1.36. The number of nitrogens with zero attached hydrogens (tertiary/aromatic N) is 1. The van der Waals surface area contributed by atoms with Gasteiger partial charge in [0.2, 0.25) is 5.91 Å². The topological polar surface area (TPSA) is 54.5 Å². The Morgan fingerprint density at radius 2 is 1.95 bits per heavy atom. The van der Waals surface area contributed by atoms with Crippen molar-refractivity contribution in [2.45, 2.75) is 45.1 Å². The molecule has 0 aliphatic carbocycles. The first kappa shape index (κ1) is 17.0. The van der Waals surface area contributed by atoms with Gasteiger partial charge in [0.25, 0.3) is 0 Å². The maximum Gasteiger partial charge on any atom is 0.223 e. The number of hydrogen-bond donors (Lipinski definition) is 0. The Morgan fingerprint density at radius 3 is 2.45 bits per heavy atom. The zero-order valence-electron chi connectivity index (χ0n) is 13.6. The summed E-state index contributed by atoms with van der Waals surface area (Å²) in [6, 6.07) is 8.20. The third-order valence-electron chi connectivity index (χ3n) is 4.59. The molecule has 1 aliphatic heterocycles. The summed E-state index contributed by atoms with van der Waals surface area (Å²) in [5.41, 5.74) is 2.44. The van der Waals surface area contributed by atoms with Crippen LogP contribution in [0.4, 0.5) is 0 Å². The molecule has 1 aromatic carbocycles. The number of carbonyl (C=O) groups excluding carboxylic acids is 1. The van der Waals surface area contributed by atoms with Gasteiger partial charge in [-0.3, -0.25) is 4.79 Å². The average Bonchev–Trinajstić information content (AvgIpc) is 2.86. The number of carbonyl (C=O) groups is 1. The van der Waals surface area contributed by atoms with Crippen molar-refractivity contribution in [2.24, 2.45) is 0 Å². The third-order valence-corrected chi connectivity index (χ3v) is 6.34. The van der Waals surface area contributed by atoms with E-state index in [4.69, 9.17) is 0 Å². The van der Waals surface area contributed by atoms with E-state index in [0.717, 1.165) is 12.0 Å². The highest BCUT2D eigenvalue weighted by molar-refractivity contribution is 7.91. The quantitative estimate of drug-likeness (QED) is 0.836. The van der Waals surface area contributed by atoms with Gasteiger partial charge < -0.3 is 4.90 Å². The average molecular weight is 323 g/mol. The molecule has 122 valence electrons. The minimum absolute atomic E-state index is 0.0224. The molecule has 5 heteroatoms. The van der Waals surface area contributed by atoms with Gasteiger partial charge in [0.05, 0.1) is 11.5 Å². The molecule has 1 aliphatic rings. The van der Waals surface area contributed by atoms with Crippen LogP contribution < -0.4 is 0 Å². The molecule has 1 aromatic rings. The molecule has 1 heterocycles. The molecule has 4 nitrogen and oxygen atoms in total. The summed E-state index contributed by atoms with van der Waals surface area (Å²) in [5, 5.41) is 0. The summed E-state index contributed by atoms with van der Waals surface area (Å²) < 4.78 is 23.1. The molecule has 0 aromatic heterocycles. The van der Waals surface area contributed by atoms with Crippen LogP contribution in [0.3, 0.4) is 0 Å². The molecule has 1 saturated heterocycles. The van der Waals surface area contributed by atoms with Gasteiger partial charge in [-0.05, 0) is 29.9 Å². The lowest BCUT2D eigenvalue weighted by Crippen LogP contribution is -2.38. The van der Waals surface area contributed by atoms with Gasteiger partial charge in [0, 0.05) is 19.5 Å². The van der Waals surface area contributed by atoms with Crippen molar-refractivity contribution in [2.75, 3.05) is 18.6 Å². The maximum absolute atomic E-state index is 12.4. The molecule has 0 bridgehead atoms. The third kappa shape index (κ3) is 4.09. The van der Waals surface area contributed by atoms with E-state index in [1.807, 2.05) is 6.92 Å². The molecule has 2 rings (SSSR count). The van der Waals surface area contributed by atoms with Crippen LogP contribution in [0.25, 0.3) is 0 Å². The first-order valence-corrected chi connectivity index (χ1v) is 9.69. The fourth-order valence-corrected chi connectivity index (χ4v) is 4.66. The Labute approximate surface area is 133 Å². The Bertz CT molecular complexity index is 622. The van der Waals surface area contributed by atoms with Gasteiger partial charge in [-0.2, -0.15) is 0 Å². The normalized spacial score (nSPS) is 21.5. The van der Waals surface area contributed by atoms with E-state index in [9.17, 15) is 13.2 Å². The van der Waals surface area contributed by atoms with E-state index in [0.29, 0.717) is 12.8 Å². The van der Waals surface area contributed by atoms with E-state index in [1.54, 1.807) is 11.9 Å². The van der Waals surface area contributed by atoms with Gasteiger partial charge in [-0.15, -0.1) is 0 Å². The molecule has 0 spiro atoms. The second-order valence-corrected chi connectivity index (χ2v) is 8.49. The lowest BCUT2D eigenvalue weighted by atomic mass is 9.95. The Morgan fingerprint density at radius 1 is 1.32 bits per heavy atom. The number of hydrogen-bond acceptors (Lipinski definition) is 3. The van der Waals surface area contributed by atoms with Crippen molar-refractivity contribution in [1.82, 2.24) is 4.90 Å². The summed E-state index contributed by atoms with van der Waals surface area (Å²) in [6.45, 7) is 4.16. The van der Waals surface area contributed by atoms with E-state index in [2.05, 4.69) is 31.2 Å². The van der Waals surface area contributed by atoms with Crippen LogP contribution in [0.1, 0.15) is 43.7 Å². The molecule has 2 atom stereocenters. The van der Waals surface area contributed by atoms with Gasteiger partial charge in [0.1, 0.15) is 0 Å². The lowest BCUT2D eigenvalue weighted by molar-refractivity contribution is -0.131. The monoisotopic (exact) mass is 323 g/mol. The molecule has 0 saturated carbocycles. The lowest BCUT2D eigenvalue weighted by Gasteiger charge is -2.25. The van der Waals surface area contributed by atoms with Crippen molar-refractivity contribution >= 4 is 15.7 Å². The fourth-order valence-electron chi connectivity index (χ4n) is 2.89. The smallest absolute Gasteiger partial charge is 0.223 e. The van der Waals surface area contributed by atoms with Crippen molar-refractivity contribution in [3.8, 4) is 0 Å². The summed E-state index contributed by atoms with van der Waals surface area (Å²) in [6.07, 6.45) is 1.98. The van der Waals surface area contributed by atoms with Crippen LogP contribution in [0.5, 0.6) is 0 Å². The summed E-state index contributed by atoms with van der Waals surface area (Å²) in [7, 11) is -1.23. The molecular formula is C17H25NO3S. The predicted molar refractivity (Wildman–Crippen MR) is 88.7 cm³/mol. The van der Waals surface area contributed by atoms with Gasteiger partial charge in [0.15, 0.2) is 9.84 Å². The van der Waals surface area contributed by atoms with E-state index in [-0.39, 0.29) is 29.4 Å². The van der Waals surface area contributed by atoms with Crippen LogP contribution in [0.2, 0.25) is 0 Å². The first-order valence-electron chi connectivity index (χ1n) is 7.87. The van der Waals surface area contributed by atoms with Crippen molar-refractivity contribution in [3.05, 3.63) is 35.4 Å². The Kier molecular flexibility index (Phi) is 5.27. The van der Waals surface area contributed by atoms with Crippen LogP contribution >= 0.6 is 0 Å². The zero-order chi connectivity index (χ0) is 16.3. The Balaban J connectivity index is 1.95. The van der Waals surface area contributed by atoms with Crippen LogP contribution in [-0.2, 0) is 21.1 Å². The van der Waals surface area contributed by atoms with Gasteiger partial charge in [-0.25, -0.2) is 8.42 Å². The van der Waals surface area contributed by atoms with E-state index < -0.39 is 9.84 Å². The second-order valence-electron chi connectivity index (χ2n) is 6.26. The fraction of sp³-hybridized carbons (Fsp3) is 0.588. The number of amides is 1. The highest BCUT2D eigenvalue weighted by atomic mass is 32.2. The second kappa shape index (κ2) is 6.82. The number of benzene rings is 1. The standard InChI is InChI=1S/C17H25NO3S/c1-4-14-5-7-15(8-6-14)13(2)11-17(19)18(3)16-9-10-22(20,21)12-16/h5-8,13,16H,4,9-12H2,1-3H3. The maximum atomic E-state index is 12.4. The van der Waals surface area contributed by atoms with Crippen molar-refractivity contribution in [3.63, 3.8) is 0 Å². The number of rotatable bonds is 5. The van der Waals surface area contributed by atoms with Crippen LogP contribution in [0.15, 0.2) is 24.3 Å². The molecule has 0 N–H and O–H groups in total. The molecule has 1 amide bonds. The zero-order valence-corrected chi connectivity index (χ0v) is 14.4. The SMILES string of the molecule is CCc1ccc(C(C)CC(=O)N(C)C2CCS(=O)(=O)C2)cc1. The minimum atomic E-state index is -2.96. The van der Waals surface area contributed by atoms with Gasteiger partial charge in [-0.1, -0.05) is 38.1 Å². The molecule has 0 radical (unpaired) electrons. The molecule has 2 unspecified atom stereocenters. The highest BCUT2D eigenvalue weighted by Gasteiger charge is 2.32. The van der Waals surface area contributed by atoms with Gasteiger partial charge >= 0.3 is 0 Å². The van der Waals surface area contributed by atoms with Crippen LogP contribution in [0, 0.1) is 0 Å². The van der Waals surface area contributed by atoms with E-state index >= 15 is 0 Å². The largest absolute Gasteiger partial charge is 0.342 e. The van der Waals surface area contributed by atoms with Crippen LogP contribution in [-0.4, -0.2) is 43.8 Å². The number of sulfone groups is 1. The summed E-state index contributed by atoms with van der Waals surface area (Å²) in [5.74, 6) is 0.464. The first-order chi connectivity index (χ1) is 10.3. The molecule has 22 heavy (non-hydrogen) atoms. The summed E-state index contributed by atoms with van der Waals surface area (Å²) in [4.78, 5) is 14.0. The summed E-state index contributed by atoms with van der Waals surface area (Å²) >= 11 is 0.